The van der Waals surface area contributed by atoms with Crippen LogP contribution in [-0.2, 0) is 9.47 Å². The maximum atomic E-state index is 13.5. The van der Waals surface area contributed by atoms with Gasteiger partial charge in [-0.15, -0.1) is 0 Å². The minimum absolute atomic E-state index is 0.0363. The van der Waals surface area contributed by atoms with Gasteiger partial charge in [0.2, 0.25) is 0 Å². The third-order valence-electron chi connectivity index (χ3n) is 6.93. The van der Waals surface area contributed by atoms with Crippen molar-refractivity contribution in [2.75, 3.05) is 40.5 Å². The van der Waals surface area contributed by atoms with Crippen LogP contribution in [0.1, 0.15) is 73.0 Å². The fraction of sp³-hybridized carbons (Fsp3) is 0.533. The number of ether oxygens (including phenoxy) is 3. The molecule has 39 heavy (non-hydrogen) atoms. The zero-order chi connectivity index (χ0) is 28.0. The molecule has 0 radical (unpaired) electrons. The highest BCUT2D eigenvalue weighted by Gasteiger charge is 2.23. The molecule has 0 bridgehead atoms. The minimum Gasteiger partial charge on any atom is -0.494 e. The number of amides is 2. The second-order valence-electron chi connectivity index (χ2n) is 9.92. The van der Waals surface area contributed by atoms with E-state index in [2.05, 4.69) is 20.7 Å². The van der Waals surface area contributed by atoms with Crippen molar-refractivity contribution in [1.29, 1.82) is 0 Å². The van der Waals surface area contributed by atoms with E-state index >= 15 is 0 Å². The van der Waals surface area contributed by atoms with E-state index in [1.165, 1.54) is 39.2 Å². The van der Waals surface area contributed by atoms with Crippen LogP contribution in [-0.4, -0.2) is 58.5 Å². The van der Waals surface area contributed by atoms with E-state index in [-0.39, 0.29) is 25.1 Å². The lowest BCUT2D eigenvalue weighted by Crippen LogP contribution is -2.42. The lowest BCUT2D eigenvalue weighted by molar-refractivity contribution is 0.0802. The lowest BCUT2D eigenvalue weighted by Gasteiger charge is -2.27. The maximum Gasteiger partial charge on any atom is 0.406 e. The third kappa shape index (κ3) is 10.0. The Morgan fingerprint density at radius 2 is 1.87 bits per heavy atom. The van der Waals surface area contributed by atoms with Gasteiger partial charge in [-0.05, 0) is 67.8 Å². The quantitative estimate of drug-likeness (QED) is 0.265. The molecule has 0 aliphatic heterocycles. The summed E-state index contributed by atoms with van der Waals surface area (Å²) in [6, 6.07) is 12.9. The van der Waals surface area contributed by atoms with Gasteiger partial charge in [-0.1, -0.05) is 55.8 Å². The molecule has 2 aromatic rings. The molecule has 1 saturated carbocycles. The number of hydrogen-bond donors (Lipinski definition) is 3. The Labute approximate surface area is 237 Å². The van der Waals surface area contributed by atoms with Crippen molar-refractivity contribution < 1.29 is 23.8 Å². The van der Waals surface area contributed by atoms with Gasteiger partial charge in [0.25, 0.3) is 5.91 Å². The fourth-order valence-corrected chi connectivity index (χ4v) is 5.34. The van der Waals surface area contributed by atoms with Crippen molar-refractivity contribution in [3.05, 3.63) is 64.2 Å². The summed E-state index contributed by atoms with van der Waals surface area (Å²) in [5, 5.41) is 9.69. The van der Waals surface area contributed by atoms with Gasteiger partial charge in [0.1, 0.15) is 11.9 Å². The SMILES string of the molecule is CCOc1cc(C(=O)NC(CNC)CC2CCCCC2)cc(C(OCCNC(=O)OC)c2cccc(Cl)c2)c1. The summed E-state index contributed by atoms with van der Waals surface area (Å²) in [5.74, 6) is 1.08. The topological polar surface area (TPSA) is 97.9 Å². The zero-order valence-corrected chi connectivity index (χ0v) is 24.0. The normalized spacial score (nSPS) is 15.3. The predicted octanol–water partition coefficient (Wildman–Crippen LogP) is 5.49. The molecule has 0 spiro atoms. The van der Waals surface area contributed by atoms with Crippen LogP contribution in [0.4, 0.5) is 4.79 Å². The molecule has 0 saturated heterocycles. The molecule has 3 N–H and O–H groups in total. The van der Waals surface area contributed by atoms with Crippen molar-refractivity contribution in [3.63, 3.8) is 0 Å². The second kappa shape index (κ2) is 16.3. The van der Waals surface area contributed by atoms with Crippen molar-refractivity contribution in [2.24, 2.45) is 5.92 Å². The van der Waals surface area contributed by atoms with Crippen LogP contribution in [0.3, 0.4) is 0 Å². The van der Waals surface area contributed by atoms with Crippen molar-refractivity contribution in [1.82, 2.24) is 16.0 Å². The van der Waals surface area contributed by atoms with Gasteiger partial charge in [-0.2, -0.15) is 0 Å². The number of likely N-dealkylation sites (N-methyl/N-ethyl adjacent to an activating group) is 1. The number of halogens is 1. The van der Waals surface area contributed by atoms with Gasteiger partial charge in [0.05, 0.1) is 20.3 Å². The Morgan fingerprint density at radius 1 is 1.08 bits per heavy atom. The number of rotatable bonds is 14. The Hall–Kier alpha value is -2.81. The first-order valence-electron chi connectivity index (χ1n) is 13.9. The number of carbonyl (C=O) groups excluding carboxylic acids is 2. The lowest BCUT2D eigenvalue weighted by atomic mass is 9.84. The van der Waals surface area contributed by atoms with E-state index in [9.17, 15) is 9.59 Å². The Morgan fingerprint density at radius 3 is 2.56 bits per heavy atom. The van der Waals surface area contributed by atoms with Crippen LogP contribution >= 0.6 is 11.6 Å². The summed E-state index contributed by atoms with van der Waals surface area (Å²) < 4.78 is 16.7. The van der Waals surface area contributed by atoms with E-state index in [0.29, 0.717) is 35.4 Å². The summed E-state index contributed by atoms with van der Waals surface area (Å²) in [5.41, 5.74) is 2.08. The highest BCUT2D eigenvalue weighted by molar-refractivity contribution is 6.30. The largest absolute Gasteiger partial charge is 0.494 e. The predicted molar refractivity (Wildman–Crippen MR) is 154 cm³/mol. The van der Waals surface area contributed by atoms with Crippen molar-refractivity contribution >= 4 is 23.6 Å². The number of alkyl carbamates (subject to hydrolysis) is 1. The van der Waals surface area contributed by atoms with Crippen molar-refractivity contribution in [3.8, 4) is 5.75 Å². The second-order valence-corrected chi connectivity index (χ2v) is 10.4. The van der Waals surface area contributed by atoms with E-state index in [1.807, 2.05) is 44.3 Å². The van der Waals surface area contributed by atoms with E-state index in [4.69, 9.17) is 21.1 Å². The van der Waals surface area contributed by atoms with Gasteiger partial charge in [-0.25, -0.2) is 4.79 Å². The first-order valence-corrected chi connectivity index (χ1v) is 14.2. The van der Waals surface area contributed by atoms with Gasteiger partial charge < -0.3 is 30.2 Å². The zero-order valence-electron chi connectivity index (χ0n) is 23.3. The molecule has 3 rings (SSSR count). The molecule has 1 aliphatic carbocycles. The highest BCUT2D eigenvalue weighted by Crippen LogP contribution is 2.32. The summed E-state index contributed by atoms with van der Waals surface area (Å²) >= 11 is 6.30. The number of hydrogen-bond acceptors (Lipinski definition) is 6. The number of benzene rings is 2. The van der Waals surface area contributed by atoms with Gasteiger partial charge in [-0.3, -0.25) is 4.79 Å². The Kier molecular flexibility index (Phi) is 12.9. The monoisotopic (exact) mass is 559 g/mol. The van der Waals surface area contributed by atoms with Gasteiger partial charge in [0.15, 0.2) is 0 Å². The van der Waals surface area contributed by atoms with Crippen LogP contribution in [0.25, 0.3) is 0 Å². The summed E-state index contributed by atoms with van der Waals surface area (Å²) in [4.78, 5) is 25.0. The van der Waals surface area contributed by atoms with Gasteiger partial charge >= 0.3 is 6.09 Å². The molecular formula is C30H42ClN3O5. The highest BCUT2D eigenvalue weighted by atomic mass is 35.5. The molecule has 1 fully saturated rings. The Balaban J connectivity index is 1.85. The van der Waals surface area contributed by atoms with Crippen LogP contribution in [0.2, 0.25) is 5.02 Å². The third-order valence-corrected chi connectivity index (χ3v) is 7.16. The summed E-state index contributed by atoms with van der Waals surface area (Å²) in [7, 11) is 3.23. The van der Waals surface area contributed by atoms with Crippen LogP contribution < -0.4 is 20.7 Å². The molecule has 214 valence electrons. The van der Waals surface area contributed by atoms with E-state index in [1.54, 1.807) is 12.1 Å². The first-order chi connectivity index (χ1) is 18.9. The first kappa shape index (κ1) is 30.7. The molecule has 0 heterocycles. The molecule has 2 unspecified atom stereocenters. The van der Waals surface area contributed by atoms with E-state index in [0.717, 1.165) is 17.5 Å². The van der Waals surface area contributed by atoms with E-state index < -0.39 is 12.2 Å². The van der Waals surface area contributed by atoms with Crippen molar-refractivity contribution in [2.45, 2.75) is 57.6 Å². The molecule has 1 aliphatic rings. The molecule has 2 amide bonds. The molecule has 0 aromatic heterocycles. The number of methoxy groups -OCH3 is 1. The molecular weight excluding hydrogens is 518 g/mol. The summed E-state index contributed by atoms with van der Waals surface area (Å²) in [6.07, 6.45) is 6.19. The van der Waals surface area contributed by atoms with Crippen LogP contribution in [0.15, 0.2) is 42.5 Å². The Bertz CT molecular complexity index is 1060. The van der Waals surface area contributed by atoms with Crippen LogP contribution in [0, 0.1) is 5.92 Å². The maximum absolute atomic E-state index is 13.5. The summed E-state index contributed by atoms with van der Waals surface area (Å²) in [6.45, 7) is 3.55. The molecule has 2 aromatic carbocycles. The number of nitrogens with one attached hydrogen (secondary N) is 3. The minimum atomic E-state index is -0.537. The smallest absolute Gasteiger partial charge is 0.406 e. The molecule has 2 atom stereocenters. The van der Waals surface area contributed by atoms with Crippen LogP contribution in [0.5, 0.6) is 5.75 Å². The molecule has 9 heteroatoms. The number of carbonyl (C=O) groups is 2. The average molecular weight is 560 g/mol. The standard InChI is InChI=1S/C30H42ClN3O5/c1-4-38-27-18-23(28(22-11-8-12-25(31)17-22)39-14-13-33-30(36)37-3)16-24(19-27)29(35)34-26(20-32-2)15-21-9-6-5-7-10-21/h8,11-12,16-19,21,26,28,32H,4-7,9-10,13-15,20H2,1-3H3,(H,33,36)(H,34,35). The average Bonchev–Trinajstić information content (AvgIpc) is 2.93. The fourth-order valence-electron chi connectivity index (χ4n) is 5.14. The molecule has 8 nitrogen and oxygen atoms in total. The van der Waals surface area contributed by atoms with Gasteiger partial charge in [0, 0.05) is 29.7 Å².